The molecule has 0 aromatic heterocycles. The number of nitrogens with zero attached hydrogens (tertiary/aromatic N) is 1. The Morgan fingerprint density at radius 1 is 1.11 bits per heavy atom. The standard InChI is InChI=1S/C21H25NO4S/c1-15(2)22(14-16-9-11-18(12-10-16)26-27(3,24)25)21(23)20-13-19(20)17-7-5-4-6-8-17/h4-12,15,19-20H,13-14H2,1-3H3/t19-,20-/m0/s1. The van der Waals surface area contributed by atoms with E-state index in [1.165, 1.54) is 5.56 Å². The van der Waals surface area contributed by atoms with Gasteiger partial charge >= 0.3 is 10.1 Å². The van der Waals surface area contributed by atoms with Crippen molar-refractivity contribution >= 4 is 16.0 Å². The molecule has 2 aromatic carbocycles. The van der Waals surface area contributed by atoms with Gasteiger partial charge in [0.25, 0.3) is 0 Å². The number of benzene rings is 2. The minimum Gasteiger partial charge on any atom is -0.383 e. The monoisotopic (exact) mass is 387 g/mol. The Kier molecular flexibility index (Phi) is 5.56. The number of carbonyl (C=O) groups excluding carboxylic acids is 1. The third kappa shape index (κ3) is 5.10. The summed E-state index contributed by atoms with van der Waals surface area (Å²) in [4.78, 5) is 14.9. The Labute approximate surface area is 161 Å². The van der Waals surface area contributed by atoms with Gasteiger partial charge in [-0.15, -0.1) is 0 Å². The fraction of sp³-hybridized carbons (Fsp3) is 0.381. The van der Waals surface area contributed by atoms with Gasteiger partial charge in [0.05, 0.1) is 6.26 Å². The van der Waals surface area contributed by atoms with Crippen LogP contribution in [0.15, 0.2) is 54.6 Å². The summed E-state index contributed by atoms with van der Waals surface area (Å²) < 4.78 is 27.3. The van der Waals surface area contributed by atoms with E-state index in [0.717, 1.165) is 18.2 Å². The quantitative estimate of drug-likeness (QED) is 0.682. The smallest absolute Gasteiger partial charge is 0.306 e. The molecule has 6 heteroatoms. The Balaban J connectivity index is 1.67. The highest BCUT2D eigenvalue weighted by molar-refractivity contribution is 7.86. The van der Waals surface area contributed by atoms with Gasteiger partial charge in [-0.2, -0.15) is 8.42 Å². The van der Waals surface area contributed by atoms with E-state index < -0.39 is 10.1 Å². The van der Waals surface area contributed by atoms with Gasteiger partial charge in [-0.05, 0) is 49.4 Å². The van der Waals surface area contributed by atoms with Gasteiger partial charge < -0.3 is 9.08 Å². The van der Waals surface area contributed by atoms with Gasteiger partial charge in [0, 0.05) is 18.5 Å². The minimum absolute atomic E-state index is 0.0441. The fourth-order valence-electron chi connectivity index (χ4n) is 3.29. The van der Waals surface area contributed by atoms with Crippen molar-refractivity contribution in [2.24, 2.45) is 5.92 Å². The highest BCUT2D eigenvalue weighted by Crippen LogP contribution is 2.48. The normalized spacial score (nSPS) is 19.0. The second-order valence-corrected chi connectivity index (χ2v) is 8.93. The first-order valence-electron chi connectivity index (χ1n) is 9.08. The maximum Gasteiger partial charge on any atom is 0.306 e. The summed E-state index contributed by atoms with van der Waals surface area (Å²) in [5, 5.41) is 0. The summed E-state index contributed by atoms with van der Waals surface area (Å²) >= 11 is 0. The zero-order valence-corrected chi connectivity index (χ0v) is 16.6. The molecule has 1 saturated carbocycles. The van der Waals surface area contributed by atoms with Crippen LogP contribution < -0.4 is 4.18 Å². The molecular weight excluding hydrogens is 362 g/mol. The molecule has 0 aliphatic heterocycles. The number of hydrogen-bond acceptors (Lipinski definition) is 4. The average Bonchev–Trinajstić information content (AvgIpc) is 3.40. The Bertz CT molecular complexity index is 892. The summed E-state index contributed by atoms with van der Waals surface area (Å²) in [6, 6.07) is 17.1. The van der Waals surface area contributed by atoms with Crippen LogP contribution in [0.4, 0.5) is 0 Å². The van der Waals surface area contributed by atoms with Crippen molar-refractivity contribution < 1.29 is 17.4 Å². The van der Waals surface area contributed by atoms with Gasteiger partial charge in [0.2, 0.25) is 5.91 Å². The van der Waals surface area contributed by atoms with E-state index in [4.69, 9.17) is 4.18 Å². The van der Waals surface area contributed by atoms with Crippen LogP contribution in [0.1, 0.15) is 37.3 Å². The first-order chi connectivity index (χ1) is 12.7. The molecule has 0 radical (unpaired) electrons. The first kappa shape index (κ1) is 19.4. The van der Waals surface area contributed by atoms with Gasteiger partial charge in [-0.25, -0.2) is 0 Å². The van der Waals surface area contributed by atoms with Gasteiger partial charge in [0.1, 0.15) is 5.75 Å². The van der Waals surface area contributed by atoms with Crippen LogP contribution in [0.25, 0.3) is 0 Å². The molecule has 1 amide bonds. The maximum absolute atomic E-state index is 13.0. The van der Waals surface area contributed by atoms with E-state index in [2.05, 4.69) is 12.1 Å². The zero-order valence-electron chi connectivity index (χ0n) is 15.8. The topological polar surface area (TPSA) is 63.7 Å². The number of rotatable bonds is 7. The maximum atomic E-state index is 13.0. The molecule has 2 atom stereocenters. The predicted molar refractivity (Wildman–Crippen MR) is 105 cm³/mol. The van der Waals surface area contributed by atoms with Crippen LogP contribution in [0.5, 0.6) is 5.75 Å². The highest BCUT2D eigenvalue weighted by Gasteiger charge is 2.46. The summed E-state index contributed by atoms with van der Waals surface area (Å²) in [5.41, 5.74) is 2.16. The first-order valence-corrected chi connectivity index (χ1v) is 10.9. The van der Waals surface area contributed by atoms with Crippen LogP contribution in [0.3, 0.4) is 0 Å². The highest BCUT2D eigenvalue weighted by atomic mass is 32.2. The Morgan fingerprint density at radius 2 is 1.74 bits per heavy atom. The lowest BCUT2D eigenvalue weighted by Crippen LogP contribution is -2.37. The predicted octanol–water partition coefficient (Wildman–Crippen LogP) is 3.57. The van der Waals surface area contributed by atoms with Crippen LogP contribution in [0.2, 0.25) is 0 Å². The molecule has 0 spiro atoms. The van der Waals surface area contributed by atoms with E-state index >= 15 is 0 Å². The fourth-order valence-corrected chi connectivity index (χ4v) is 3.75. The number of carbonyl (C=O) groups is 1. The van der Waals surface area contributed by atoms with Gasteiger partial charge in [0.15, 0.2) is 0 Å². The number of hydrogen-bond donors (Lipinski definition) is 0. The van der Waals surface area contributed by atoms with Crippen LogP contribution in [0, 0.1) is 5.92 Å². The second kappa shape index (κ2) is 7.72. The average molecular weight is 388 g/mol. The molecule has 0 bridgehead atoms. The molecule has 1 aliphatic rings. The van der Waals surface area contributed by atoms with E-state index in [0.29, 0.717) is 12.5 Å². The molecule has 144 valence electrons. The molecule has 3 rings (SSSR count). The van der Waals surface area contributed by atoms with Crippen LogP contribution >= 0.6 is 0 Å². The van der Waals surface area contributed by atoms with E-state index in [1.54, 1.807) is 24.3 Å². The van der Waals surface area contributed by atoms with Crippen molar-refractivity contribution in [3.05, 3.63) is 65.7 Å². The molecular formula is C21H25NO4S. The van der Waals surface area contributed by atoms with E-state index in [-0.39, 0.29) is 23.6 Å². The molecule has 5 nitrogen and oxygen atoms in total. The Hall–Kier alpha value is -2.34. The van der Waals surface area contributed by atoms with Gasteiger partial charge in [-0.3, -0.25) is 4.79 Å². The third-order valence-electron chi connectivity index (χ3n) is 4.77. The minimum atomic E-state index is -3.54. The molecule has 1 fully saturated rings. The van der Waals surface area contributed by atoms with Gasteiger partial charge in [-0.1, -0.05) is 42.5 Å². The zero-order chi connectivity index (χ0) is 19.6. The summed E-state index contributed by atoms with van der Waals surface area (Å²) in [6.07, 6.45) is 1.91. The third-order valence-corrected chi connectivity index (χ3v) is 5.26. The van der Waals surface area contributed by atoms with E-state index in [1.807, 2.05) is 36.9 Å². The SMILES string of the molecule is CC(C)N(Cc1ccc(OS(C)(=O)=O)cc1)C(=O)[C@H]1C[C@H]1c1ccccc1. The summed E-state index contributed by atoms with van der Waals surface area (Å²) in [6.45, 7) is 4.52. The molecule has 0 saturated heterocycles. The molecule has 2 aromatic rings. The molecule has 27 heavy (non-hydrogen) atoms. The Morgan fingerprint density at radius 3 is 2.30 bits per heavy atom. The van der Waals surface area contributed by atoms with Crippen LogP contribution in [-0.4, -0.2) is 31.5 Å². The van der Waals surface area contributed by atoms with Crippen LogP contribution in [-0.2, 0) is 21.5 Å². The molecule has 1 aliphatic carbocycles. The van der Waals surface area contributed by atoms with Crippen molar-refractivity contribution in [1.82, 2.24) is 4.90 Å². The van der Waals surface area contributed by atoms with Crippen molar-refractivity contribution in [2.75, 3.05) is 6.26 Å². The molecule has 0 N–H and O–H groups in total. The molecule has 0 unspecified atom stereocenters. The lowest BCUT2D eigenvalue weighted by Gasteiger charge is -2.27. The summed E-state index contributed by atoms with van der Waals surface area (Å²) in [5.74, 6) is 0.804. The summed E-state index contributed by atoms with van der Waals surface area (Å²) in [7, 11) is -3.54. The van der Waals surface area contributed by atoms with Crippen molar-refractivity contribution in [2.45, 2.75) is 38.8 Å². The largest absolute Gasteiger partial charge is 0.383 e. The second-order valence-electron chi connectivity index (χ2n) is 7.35. The van der Waals surface area contributed by atoms with Crippen molar-refractivity contribution in [3.63, 3.8) is 0 Å². The van der Waals surface area contributed by atoms with E-state index in [9.17, 15) is 13.2 Å². The number of amides is 1. The lowest BCUT2D eigenvalue weighted by molar-refractivity contribution is -0.135. The molecule has 0 heterocycles. The van der Waals surface area contributed by atoms with Crippen molar-refractivity contribution in [3.8, 4) is 5.75 Å². The van der Waals surface area contributed by atoms with Crippen molar-refractivity contribution in [1.29, 1.82) is 0 Å². The lowest BCUT2D eigenvalue weighted by atomic mass is 10.1.